The minimum Gasteiger partial charge on any atom is -0.496 e. The molecule has 0 spiro atoms. The highest BCUT2D eigenvalue weighted by Crippen LogP contribution is 2.24. The van der Waals surface area contributed by atoms with E-state index < -0.39 is 0 Å². The Hall–Kier alpha value is -3.48. The molecule has 1 aliphatic heterocycles. The van der Waals surface area contributed by atoms with Crippen molar-refractivity contribution in [3.05, 3.63) is 72.0 Å². The van der Waals surface area contributed by atoms with Crippen LogP contribution in [0.5, 0.6) is 5.75 Å². The molecule has 2 aromatic carbocycles. The first-order valence-corrected chi connectivity index (χ1v) is 10.4. The Morgan fingerprint density at radius 1 is 1.13 bits per heavy atom. The van der Waals surface area contributed by atoms with Crippen molar-refractivity contribution in [3.63, 3.8) is 0 Å². The molecular weight excluding hydrogens is 395 g/mol. The number of para-hydroxylation sites is 1. The maximum atomic E-state index is 13.1. The van der Waals surface area contributed by atoms with E-state index in [1.54, 1.807) is 19.2 Å². The number of amides is 1. The quantitative estimate of drug-likeness (QED) is 0.657. The summed E-state index contributed by atoms with van der Waals surface area (Å²) in [6.07, 6.45) is 1.75. The molecule has 31 heavy (non-hydrogen) atoms. The number of carbonyl (C=O) groups is 1. The van der Waals surface area contributed by atoms with Gasteiger partial charge in [-0.2, -0.15) is 0 Å². The molecule has 0 aliphatic carbocycles. The molecule has 160 valence electrons. The lowest BCUT2D eigenvalue weighted by atomic mass is 9.97. The number of hydrogen-bond donors (Lipinski definition) is 1. The van der Waals surface area contributed by atoms with Gasteiger partial charge in [0, 0.05) is 30.8 Å². The molecule has 1 fully saturated rings. The van der Waals surface area contributed by atoms with Gasteiger partial charge in [-0.25, -0.2) is 4.39 Å². The number of piperidine rings is 1. The van der Waals surface area contributed by atoms with Crippen LogP contribution in [0.15, 0.2) is 60.7 Å². The van der Waals surface area contributed by atoms with Crippen LogP contribution < -0.4 is 15.0 Å². The number of carbonyl (C=O) groups excluding carboxylic acids is 1. The second-order valence-electron chi connectivity index (χ2n) is 7.60. The summed E-state index contributed by atoms with van der Waals surface area (Å²) in [6, 6.07) is 17.6. The third-order valence-corrected chi connectivity index (χ3v) is 5.55. The molecule has 1 amide bonds. The van der Waals surface area contributed by atoms with Crippen molar-refractivity contribution in [2.75, 3.05) is 25.1 Å². The van der Waals surface area contributed by atoms with Gasteiger partial charge in [0.05, 0.1) is 18.7 Å². The Kier molecular flexibility index (Phi) is 6.40. The smallest absolute Gasteiger partial charge is 0.225 e. The first-order valence-electron chi connectivity index (χ1n) is 10.4. The zero-order valence-electron chi connectivity index (χ0n) is 17.4. The minimum atomic E-state index is -0.281. The summed E-state index contributed by atoms with van der Waals surface area (Å²) in [6.45, 7) is 1.87. The molecular formula is C24H25FN4O2. The fraction of sp³-hybridized carbons (Fsp3) is 0.292. The minimum absolute atomic E-state index is 0.0338. The van der Waals surface area contributed by atoms with E-state index >= 15 is 0 Å². The highest BCUT2D eigenvalue weighted by Gasteiger charge is 2.26. The van der Waals surface area contributed by atoms with Gasteiger partial charge in [-0.3, -0.25) is 4.79 Å². The van der Waals surface area contributed by atoms with Gasteiger partial charge in [0.2, 0.25) is 5.91 Å². The fourth-order valence-electron chi connectivity index (χ4n) is 3.84. The van der Waals surface area contributed by atoms with Gasteiger partial charge in [-0.05, 0) is 55.3 Å². The van der Waals surface area contributed by atoms with Gasteiger partial charge in [0.15, 0.2) is 5.82 Å². The number of hydrogen-bond acceptors (Lipinski definition) is 5. The lowest BCUT2D eigenvalue weighted by Crippen LogP contribution is -2.43. The number of nitrogens with zero attached hydrogens (tertiary/aromatic N) is 3. The van der Waals surface area contributed by atoms with E-state index in [2.05, 4.69) is 20.4 Å². The molecule has 0 radical (unpaired) electrons. The average Bonchev–Trinajstić information content (AvgIpc) is 2.83. The van der Waals surface area contributed by atoms with Gasteiger partial charge in [-0.15, -0.1) is 10.2 Å². The number of anilines is 1. The van der Waals surface area contributed by atoms with Crippen LogP contribution in [0.1, 0.15) is 18.4 Å². The number of ether oxygens (including phenoxy) is 1. The summed E-state index contributed by atoms with van der Waals surface area (Å²) in [4.78, 5) is 14.9. The maximum absolute atomic E-state index is 13.1. The van der Waals surface area contributed by atoms with Crippen molar-refractivity contribution in [3.8, 4) is 17.0 Å². The fourth-order valence-corrected chi connectivity index (χ4v) is 3.84. The maximum Gasteiger partial charge on any atom is 0.225 e. The number of methoxy groups -OCH3 is 1. The van der Waals surface area contributed by atoms with Crippen LogP contribution in [0.3, 0.4) is 0 Å². The van der Waals surface area contributed by atoms with Gasteiger partial charge < -0.3 is 15.0 Å². The van der Waals surface area contributed by atoms with Crippen molar-refractivity contribution in [2.24, 2.45) is 5.92 Å². The van der Waals surface area contributed by atoms with E-state index in [0.717, 1.165) is 42.1 Å². The van der Waals surface area contributed by atoms with E-state index in [9.17, 15) is 9.18 Å². The Labute approximate surface area is 181 Å². The van der Waals surface area contributed by atoms with Crippen LogP contribution in [-0.4, -0.2) is 36.3 Å². The number of benzene rings is 2. The molecule has 3 aromatic rings. The van der Waals surface area contributed by atoms with Gasteiger partial charge in [0.1, 0.15) is 11.6 Å². The molecule has 1 saturated heterocycles. The van der Waals surface area contributed by atoms with E-state index in [0.29, 0.717) is 18.8 Å². The van der Waals surface area contributed by atoms with Crippen LogP contribution in [0.4, 0.5) is 10.2 Å². The highest BCUT2D eigenvalue weighted by atomic mass is 19.1. The van der Waals surface area contributed by atoms with E-state index in [4.69, 9.17) is 4.74 Å². The van der Waals surface area contributed by atoms with E-state index in [-0.39, 0.29) is 17.6 Å². The van der Waals surface area contributed by atoms with Crippen molar-refractivity contribution >= 4 is 11.7 Å². The number of rotatable bonds is 6. The molecule has 6 nitrogen and oxygen atoms in total. The Balaban J connectivity index is 1.37. The third kappa shape index (κ3) is 4.99. The van der Waals surface area contributed by atoms with E-state index in [1.165, 1.54) is 12.1 Å². The lowest BCUT2D eigenvalue weighted by molar-refractivity contribution is -0.125. The van der Waals surface area contributed by atoms with Crippen molar-refractivity contribution < 1.29 is 13.9 Å². The first-order chi connectivity index (χ1) is 15.1. The average molecular weight is 420 g/mol. The molecule has 1 aliphatic rings. The molecule has 1 atom stereocenters. The number of halogens is 1. The largest absolute Gasteiger partial charge is 0.496 e. The number of aromatic nitrogens is 2. The summed E-state index contributed by atoms with van der Waals surface area (Å²) in [5.41, 5.74) is 2.45. The molecule has 7 heteroatoms. The van der Waals surface area contributed by atoms with Crippen LogP contribution in [0, 0.1) is 11.7 Å². The normalized spacial score (nSPS) is 16.1. The van der Waals surface area contributed by atoms with Gasteiger partial charge in [-0.1, -0.05) is 18.2 Å². The summed E-state index contributed by atoms with van der Waals surface area (Å²) in [7, 11) is 1.63. The van der Waals surface area contributed by atoms with Crippen molar-refractivity contribution in [2.45, 2.75) is 19.4 Å². The predicted octanol–water partition coefficient (Wildman–Crippen LogP) is 3.82. The summed E-state index contributed by atoms with van der Waals surface area (Å²) < 4.78 is 18.5. The molecule has 1 aromatic heterocycles. The summed E-state index contributed by atoms with van der Waals surface area (Å²) in [5.74, 6) is 1.16. The molecule has 1 unspecified atom stereocenters. The topological polar surface area (TPSA) is 67.3 Å². The second kappa shape index (κ2) is 9.55. The third-order valence-electron chi connectivity index (χ3n) is 5.55. The van der Waals surface area contributed by atoms with Crippen LogP contribution in [0.25, 0.3) is 11.3 Å². The molecule has 4 rings (SSSR count). The van der Waals surface area contributed by atoms with Crippen LogP contribution >= 0.6 is 0 Å². The zero-order valence-corrected chi connectivity index (χ0v) is 17.4. The Bertz CT molecular complexity index is 1020. The van der Waals surface area contributed by atoms with Crippen molar-refractivity contribution in [1.29, 1.82) is 0 Å². The monoisotopic (exact) mass is 420 g/mol. The Morgan fingerprint density at radius 2 is 1.94 bits per heavy atom. The predicted molar refractivity (Wildman–Crippen MR) is 117 cm³/mol. The zero-order chi connectivity index (χ0) is 21.6. The summed E-state index contributed by atoms with van der Waals surface area (Å²) in [5, 5.41) is 11.7. The van der Waals surface area contributed by atoms with Crippen LogP contribution in [-0.2, 0) is 11.3 Å². The SMILES string of the molecule is COc1ccccc1CNC(=O)C1CCCN(c2ccc(-c3ccc(F)cc3)nn2)C1. The van der Waals surface area contributed by atoms with Crippen LogP contribution in [0.2, 0.25) is 0 Å². The second-order valence-corrected chi connectivity index (χ2v) is 7.60. The number of nitrogens with one attached hydrogen (secondary N) is 1. The molecule has 0 bridgehead atoms. The van der Waals surface area contributed by atoms with Gasteiger partial charge in [0.25, 0.3) is 0 Å². The lowest BCUT2D eigenvalue weighted by Gasteiger charge is -2.32. The first kappa shape index (κ1) is 20.8. The van der Waals surface area contributed by atoms with Crippen molar-refractivity contribution in [1.82, 2.24) is 15.5 Å². The van der Waals surface area contributed by atoms with Gasteiger partial charge >= 0.3 is 0 Å². The molecule has 2 heterocycles. The van der Waals surface area contributed by atoms with E-state index in [1.807, 2.05) is 36.4 Å². The standard InChI is InChI=1S/C24H25FN4O2/c1-31-22-7-3-2-5-18(22)15-26-24(30)19-6-4-14-29(16-19)23-13-12-21(27-28-23)17-8-10-20(25)11-9-17/h2-3,5,7-13,19H,4,6,14-16H2,1H3,(H,26,30). The Morgan fingerprint density at radius 3 is 2.68 bits per heavy atom. The molecule has 1 N–H and O–H groups in total. The molecule has 0 saturated carbocycles. The summed E-state index contributed by atoms with van der Waals surface area (Å²) >= 11 is 0. The highest BCUT2D eigenvalue weighted by molar-refractivity contribution is 5.79.